The minimum atomic E-state index is -0.648. The van der Waals surface area contributed by atoms with Crippen LogP contribution in [0.4, 0.5) is 0 Å². The minimum Gasteiger partial charge on any atom is -0.491 e. The number of benzene rings is 1. The zero-order valence-corrected chi connectivity index (χ0v) is 13.1. The molecule has 0 radical (unpaired) electrons. The molecule has 7 nitrogen and oxygen atoms in total. The number of rotatable bonds is 5. The number of para-hydroxylation sites is 1. The highest BCUT2D eigenvalue weighted by atomic mass is 35.5. The smallest absolute Gasteiger partial charge is 0.226 e. The van der Waals surface area contributed by atoms with Gasteiger partial charge >= 0.3 is 0 Å². The van der Waals surface area contributed by atoms with Crippen LogP contribution in [0.15, 0.2) is 36.7 Å². The molecule has 1 aromatic carbocycles. The monoisotopic (exact) mass is 336 g/mol. The van der Waals surface area contributed by atoms with Crippen LogP contribution in [0.3, 0.4) is 0 Å². The number of likely N-dealkylation sites (tertiary alicyclic amines) is 1. The number of hydrogen-bond acceptors (Lipinski definition) is 5. The molecule has 0 saturated carbocycles. The second-order valence-corrected chi connectivity index (χ2v) is 5.75. The Morgan fingerprint density at radius 2 is 2.22 bits per heavy atom. The number of halogens is 1. The molecule has 0 unspecified atom stereocenters. The summed E-state index contributed by atoms with van der Waals surface area (Å²) in [6.45, 7) is 0.939. The largest absolute Gasteiger partial charge is 0.491 e. The van der Waals surface area contributed by atoms with Crippen LogP contribution in [0, 0.1) is 0 Å². The van der Waals surface area contributed by atoms with Gasteiger partial charge in [0, 0.05) is 19.3 Å². The van der Waals surface area contributed by atoms with Crippen molar-refractivity contribution >= 4 is 17.5 Å². The van der Waals surface area contributed by atoms with Crippen LogP contribution in [0.25, 0.3) is 0 Å². The summed E-state index contributed by atoms with van der Waals surface area (Å²) in [5, 5.41) is 18.2. The molecule has 0 aliphatic carbocycles. The lowest BCUT2D eigenvalue weighted by molar-refractivity contribution is -0.131. The summed E-state index contributed by atoms with van der Waals surface area (Å²) >= 11 is 5.99. The van der Waals surface area contributed by atoms with Gasteiger partial charge in [-0.15, -0.1) is 5.10 Å². The summed E-state index contributed by atoms with van der Waals surface area (Å²) < 4.78 is 7.10. The molecule has 2 atom stereocenters. The molecule has 1 saturated heterocycles. The first kappa shape index (κ1) is 15.8. The van der Waals surface area contributed by atoms with Crippen LogP contribution in [-0.4, -0.2) is 56.7 Å². The summed E-state index contributed by atoms with van der Waals surface area (Å²) in [4.78, 5) is 13.9. The maximum atomic E-state index is 12.2. The molecule has 2 aromatic rings. The molecule has 122 valence electrons. The number of nitrogens with zero attached hydrogens (tertiary/aromatic N) is 4. The Balaban J connectivity index is 1.50. The lowest BCUT2D eigenvalue weighted by Gasteiger charge is -2.16. The molecule has 0 spiro atoms. The summed E-state index contributed by atoms with van der Waals surface area (Å²) in [5.74, 6) is 0.489. The zero-order valence-electron chi connectivity index (χ0n) is 12.4. The summed E-state index contributed by atoms with van der Waals surface area (Å²) in [7, 11) is 0. The standard InChI is InChI=1S/C15H17ClN4O3/c16-11-3-1-2-4-14(11)23-8-5-15(22)19-9-12(13(21)10-19)20-7-6-17-18-20/h1-4,6-7,12-13,21H,5,8-10H2/t12-,13-/m1/s1. The molecule has 1 amide bonds. The third-order valence-corrected chi connectivity index (χ3v) is 4.11. The van der Waals surface area contributed by atoms with Gasteiger partial charge in [-0.05, 0) is 12.1 Å². The van der Waals surface area contributed by atoms with Crippen molar-refractivity contribution in [3.63, 3.8) is 0 Å². The van der Waals surface area contributed by atoms with Gasteiger partial charge in [0.25, 0.3) is 0 Å². The quantitative estimate of drug-likeness (QED) is 0.885. The van der Waals surface area contributed by atoms with Gasteiger partial charge in [-0.2, -0.15) is 0 Å². The van der Waals surface area contributed by atoms with Crippen molar-refractivity contribution in [1.82, 2.24) is 19.9 Å². The maximum absolute atomic E-state index is 12.2. The van der Waals surface area contributed by atoms with E-state index in [1.807, 2.05) is 12.1 Å². The number of carbonyl (C=O) groups is 1. The molecular weight excluding hydrogens is 320 g/mol. The fourth-order valence-electron chi connectivity index (χ4n) is 2.60. The molecule has 1 aromatic heterocycles. The lowest BCUT2D eigenvalue weighted by atomic mass is 10.2. The Kier molecular flexibility index (Phi) is 4.78. The van der Waals surface area contributed by atoms with E-state index in [1.54, 1.807) is 34.1 Å². The Morgan fingerprint density at radius 1 is 1.39 bits per heavy atom. The molecule has 8 heteroatoms. The molecule has 1 N–H and O–H groups in total. The average Bonchev–Trinajstić information content (AvgIpc) is 3.18. The Hall–Kier alpha value is -2.12. The van der Waals surface area contributed by atoms with Crippen molar-refractivity contribution in [2.24, 2.45) is 0 Å². The first-order valence-corrected chi connectivity index (χ1v) is 7.72. The van der Waals surface area contributed by atoms with Crippen LogP contribution in [-0.2, 0) is 4.79 Å². The van der Waals surface area contributed by atoms with Crippen molar-refractivity contribution in [2.75, 3.05) is 19.7 Å². The van der Waals surface area contributed by atoms with Crippen LogP contribution in [0.2, 0.25) is 5.02 Å². The number of ether oxygens (including phenoxy) is 1. The average molecular weight is 337 g/mol. The van der Waals surface area contributed by atoms with Crippen molar-refractivity contribution < 1.29 is 14.6 Å². The maximum Gasteiger partial charge on any atom is 0.226 e. The Labute approximate surface area is 138 Å². The molecule has 1 fully saturated rings. The van der Waals surface area contributed by atoms with E-state index in [1.165, 1.54) is 0 Å². The van der Waals surface area contributed by atoms with Gasteiger partial charge in [-0.3, -0.25) is 4.79 Å². The summed E-state index contributed by atoms with van der Waals surface area (Å²) in [6.07, 6.45) is 2.81. The molecule has 1 aliphatic rings. The van der Waals surface area contributed by atoms with E-state index in [0.29, 0.717) is 17.3 Å². The molecular formula is C15H17ClN4O3. The number of amides is 1. The van der Waals surface area contributed by atoms with Crippen LogP contribution >= 0.6 is 11.6 Å². The van der Waals surface area contributed by atoms with Gasteiger partial charge < -0.3 is 14.7 Å². The second-order valence-electron chi connectivity index (χ2n) is 5.35. The van der Waals surface area contributed by atoms with E-state index < -0.39 is 6.10 Å². The van der Waals surface area contributed by atoms with E-state index in [4.69, 9.17) is 16.3 Å². The molecule has 0 bridgehead atoms. The zero-order chi connectivity index (χ0) is 16.2. The predicted octanol–water partition coefficient (Wildman–Crippen LogP) is 1.14. The van der Waals surface area contributed by atoms with Gasteiger partial charge in [-0.25, -0.2) is 4.68 Å². The molecule has 2 heterocycles. The fourth-order valence-corrected chi connectivity index (χ4v) is 2.79. The lowest BCUT2D eigenvalue weighted by Crippen LogP contribution is -2.30. The van der Waals surface area contributed by atoms with E-state index in [2.05, 4.69) is 10.3 Å². The Morgan fingerprint density at radius 3 is 2.96 bits per heavy atom. The van der Waals surface area contributed by atoms with Crippen LogP contribution in [0.5, 0.6) is 5.75 Å². The highest BCUT2D eigenvalue weighted by Gasteiger charge is 2.35. The van der Waals surface area contributed by atoms with Gasteiger partial charge in [-0.1, -0.05) is 28.9 Å². The van der Waals surface area contributed by atoms with E-state index in [9.17, 15) is 9.90 Å². The summed E-state index contributed by atoms with van der Waals surface area (Å²) in [6, 6.07) is 6.87. The van der Waals surface area contributed by atoms with Crippen molar-refractivity contribution in [3.05, 3.63) is 41.7 Å². The molecule has 1 aliphatic heterocycles. The van der Waals surface area contributed by atoms with Crippen LogP contribution < -0.4 is 4.74 Å². The van der Waals surface area contributed by atoms with Crippen molar-refractivity contribution in [2.45, 2.75) is 18.6 Å². The first-order chi connectivity index (χ1) is 11.1. The number of hydrogen-bond donors (Lipinski definition) is 1. The van der Waals surface area contributed by atoms with Gasteiger partial charge in [0.1, 0.15) is 5.75 Å². The highest BCUT2D eigenvalue weighted by Crippen LogP contribution is 2.24. The first-order valence-electron chi connectivity index (χ1n) is 7.34. The Bertz CT molecular complexity index is 665. The topological polar surface area (TPSA) is 80.5 Å². The van der Waals surface area contributed by atoms with E-state index in [-0.39, 0.29) is 31.5 Å². The van der Waals surface area contributed by atoms with Crippen molar-refractivity contribution in [1.29, 1.82) is 0 Å². The predicted molar refractivity (Wildman–Crippen MR) is 83.2 cm³/mol. The number of aliphatic hydroxyl groups excluding tert-OH is 1. The highest BCUT2D eigenvalue weighted by molar-refractivity contribution is 6.32. The van der Waals surface area contributed by atoms with E-state index >= 15 is 0 Å². The van der Waals surface area contributed by atoms with Gasteiger partial charge in [0.05, 0.1) is 36.4 Å². The molecule has 23 heavy (non-hydrogen) atoms. The number of aliphatic hydroxyl groups is 1. The van der Waals surface area contributed by atoms with Crippen molar-refractivity contribution in [3.8, 4) is 5.75 Å². The fraction of sp³-hybridized carbons (Fsp3) is 0.400. The number of aromatic nitrogens is 3. The summed E-state index contributed by atoms with van der Waals surface area (Å²) in [5.41, 5.74) is 0. The van der Waals surface area contributed by atoms with Crippen LogP contribution in [0.1, 0.15) is 12.5 Å². The number of β-amino-alcohol motifs (C(OH)–C–C–N with tert-alkyl or cyclic N) is 1. The number of carbonyl (C=O) groups excluding carboxylic acids is 1. The third-order valence-electron chi connectivity index (χ3n) is 3.80. The van der Waals surface area contributed by atoms with E-state index in [0.717, 1.165) is 0 Å². The molecule has 3 rings (SSSR count). The SMILES string of the molecule is O=C(CCOc1ccccc1Cl)N1C[C@@H](O)[C@H](n2ccnn2)C1. The third kappa shape index (κ3) is 3.62. The normalized spacial score (nSPS) is 20.7. The van der Waals surface area contributed by atoms with Gasteiger partial charge in [0.2, 0.25) is 5.91 Å². The second kappa shape index (κ2) is 6.97. The minimum absolute atomic E-state index is 0.0706. The van der Waals surface area contributed by atoms with Gasteiger partial charge in [0.15, 0.2) is 0 Å².